The van der Waals surface area contributed by atoms with Crippen molar-refractivity contribution in [3.05, 3.63) is 69.1 Å². The lowest BCUT2D eigenvalue weighted by atomic mass is 10.1. The third-order valence-electron chi connectivity index (χ3n) is 5.18. The highest BCUT2D eigenvalue weighted by Crippen LogP contribution is 2.35. The molecule has 30 heavy (non-hydrogen) atoms. The lowest BCUT2D eigenvalue weighted by molar-refractivity contribution is 0.0548. The highest BCUT2D eigenvalue weighted by atomic mass is 35.5. The minimum Gasteiger partial charge on any atom is -0.378 e. The molecule has 1 aromatic heterocycles. The average molecular weight is 424 g/mol. The fourth-order valence-corrected chi connectivity index (χ4v) is 4.00. The lowest BCUT2D eigenvalue weighted by Crippen LogP contribution is -2.36. The van der Waals surface area contributed by atoms with Gasteiger partial charge in [-0.05, 0) is 67.7 Å². The molecule has 6 nitrogen and oxygen atoms in total. The van der Waals surface area contributed by atoms with Gasteiger partial charge in [-0.1, -0.05) is 23.7 Å². The smallest absolute Gasteiger partial charge is 0.243 e. The normalized spacial score (nSPS) is 18.6. The van der Waals surface area contributed by atoms with Gasteiger partial charge in [0.1, 0.15) is 0 Å². The Balaban J connectivity index is 1.60. The maximum atomic E-state index is 6.04. The third-order valence-corrected chi connectivity index (χ3v) is 5.43. The molecule has 2 aromatic rings. The molecule has 1 aliphatic heterocycles. The van der Waals surface area contributed by atoms with Gasteiger partial charge in [-0.2, -0.15) is 5.10 Å². The molecule has 2 heterocycles. The number of nitrogens with one attached hydrogen (secondary N) is 1. The Morgan fingerprint density at radius 2 is 1.77 bits per heavy atom. The van der Waals surface area contributed by atoms with E-state index in [-0.39, 0.29) is 0 Å². The first-order chi connectivity index (χ1) is 14.6. The van der Waals surface area contributed by atoms with Crippen molar-refractivity contribution >= 4 is 29.8 Å². The van der Waals surface area contributed by atoms with Gasteiger partial charge in [0.2, 0.25) is 5.95 Å². The minimum absolute atomic E-state index is 0.521. The molecule has 0 atom stereocenters. The fraction of sp³-hybridized carbons (Fsp3) is 0.348. The van der Waals surface area contributed by atoms with Gasteiger partial charge in [0.05, 0.1) is 19.4 Å². The van der Waals surface area contributed by atoms with E-state index >= 15 is 0 Å². The maximum absolute atomic E-state index is 6.04. The van der Waals surface area contributed by atoms with E-state index in [0.29, 0.717) is 5.95 Å². The van der Waals surface area contributed by atoms with Gasteiger partial charge >= 0.3 is 0 Å². The van der Waals surface area contributed by atoms with Crippen LogP contribution in [0.5, 0.6) is 0 Å². The summed E-state index contributed by atoms with van der Waals surface area (Å²) in [6.45, 7) is 7.17. The van der Waals surface area contributed by atoms with E-state index in [2.05, 4.69) is 43.6 Å². The molecule has 0 unspecified atom stereocenters. The Hall–Kier alpha value is -2.70. The van der Waals surface area contributed by atoms with Gasteiger partial charge in [0.15, 0.2) is 0 Å². The Kier molecular flexibility index (Phi) is 6.45. The van der Waals surface area contributed by atoms with Crippen LogP contribution in [0, 0.1) is 13.8 Å². The molecule has 1 aliphatic carbocycles. The standard InChI is InChI=1S/C23H26ClN5O/c1-16-13-17(2)27-23(26-16)28-25-15-20-6-5-19(14-18-3-7-21(24)8-4-18)22(20)29-9-11-30-12-10-29/h3-4,7-8,13-15H,5-6,9-12H2,1-2H3,(H,26,27,28)/b19-14+,25-15+. The summed E-state index contributed by atoms with van der Waals surface area (Å²) in [7, 11) is 0. The van der Waals surface area contributed by atoms with Gasteiger partial charge in [-0.15, -0.1) is 0 Å². The number of rotatable bonds is 5. The Morgan fingerprint density at radius 1 is 1.07 bits per heavy atom. The zero-order valence-corrected chi connectivity index (χ0v) is 18.1. The summed E-state index contributed by atoms with van der Waals surface area (Å²) in [5.74, 6) is 0.521. The van der Waals surface area contributed by atoms with Crippen molar-refractivity contribution in [2.24, 2.45) is 5.10 Å². The van der Waals surface area contributed by atoms with Crippen LogP contribution in [0.2, 0.25) is 5.02 Å². The summed E-state index contributed by atoms with van der Waals surface area (Å²) in [5.41, 5.74) is 9.78. The van der Waals surface area contributed by atoms with Crippen LogP contribution < -0.4 is 5.43 Å². The van der Waals surface area contributed by atoms with Crippen molar-refractivity contribution in [3.8, 4) is 0 Å². The number of anilines is 1. The second-order valence-electron chi connectivity index (χ2n) is 7.54. The molecule has 1 N–H and O–H groups in total. The first kappa shape index (κ1) is 20.6. The van der Waals surface area contributed by atoms with Crippen LogP contribution in [0.15, 0.2) is 52.3 Å². The minimum atomic E-state index is 0.521. The van der Waals surface area contributed by atoms with Crippen molar-refractivity contribution in [2.45, 2.75) is 26.7 Å². The summed E-state index contributed by atoms with van der Waals surface area (Å²) in [6, 6.07) is 9.90. The Morgan fingerprint density at radius 3 is 2.47 bits per heavy atom. The van der Waals surface area contributed by atoms with E-state index in [0.717, 1.165) is 61.1 Å². The number of hydrogen-bond acceptors (Lipinski definition) is 6. The molecule has 2 aliphatic rings. The fourth-order valence-electron chi connectivity index (χ4n) is 3.88. The number of morpholine rings is 1. The van der Waals surface area contributed by atoms with E-state index in [4.69, 9.17) is 16.3 Å². The number of benzene rings is 1. The highest BCUT2D eigenvalue weighted by Gasteiger charge is 2.25. The lowest BCUT2D eigenvalue weighted by Gasteiger charge is -2.31. The number of aromatic nitrogens is 2. The van der Waals surface area contributed by atoms with Gasteiger partial charge in [-0.25, -0.2) is 15.4 Å². The number of allylic oxidation sites excluding steroid dienone is 2. The maximum Gasteiger partial charge on any atom is 0.243 e. The number of nitrogens with zero attached hydrogens (tertiary/aromatic N) is 4. The number of hydrazone groups is 1. The molecule has 0 saturated carbocycles. The first-order valence-electron chi connectivity index (χ1n) is 10.2. The topological polar surface area (TPSA) is 62.6 Å². The molecule has 0 amide bonds. The number of hydrogen-bond donors (Lipinski definition) is 1. The van der Waals surface area contributed by atoms with Crippen molar-refractivity contribution in [1.29, 1.82) is 0 Å². The predicted octanol–water partition coefficient (Wildman–Crippen LogP) is 4.61. The largest absolute Gasteiger partial charge is 0.378 e. The number of halogens is 1. The monoisotopic (exact) mass is 423 g/mol. The van der Waals surface area contributed by atoms with E-state index in [1.807, 2.05) is 38.3 Å². The second-order valence-corrected chi connectivity index (χ2v) is 7.98. The summed E-state index contributed by atoms with van der Waals surface area (Å²) in [6.07, 6.45) is 6.10. The van der Waals surface area contributed by atoms with Crippen molar-refractivity contribution in [1.82, 2.24) is 14.9 Å². The molecule has 1 aromatic carbocycles. The first-order valence-corrected chi connectivity index (χ1v) is 10.6. The van der Waals surface area contributed by atoms with Gasteiger partial charge < -0.3 is 9.64 Å². The third kappa shape index (κ3) is 5.07. The summed E-state index contributed by atoms with van der Waals surface area (Å²) in [5, 5.41) is 5.19. The highest BCUT2D eigenvalue weighted by molar-refractivity contribution is 6.30. The zero-order chi connectivity index (χ0) is 20.9. The van der Waals surface area contributed by atoms with Crippen LogP contribution in [0.4, 0.5) is 5.95 Å². The van der Waals surface area contributed by atoms with Gasteiger partial charge in [-0.3, -0.25) is 0 Å². The van der Waals surface area contributed by atoms with Crippen LogP contribution in [0.3, 0.4) is 0 Å². The molecule has 156 valence electrons. The van der Waals surface area contributed by atoms with Crippen LogP contribution in [-0.4, -0.2) is 47.4 Å². The van der Waals surface area contributed by atoms with Crippen molar-refractivity contribution in [3.63, 3.8) is 0 Å². The van der Waals surface area contributed by atoms with E-state index in [1.54, 1.807) is 0 Å². The zero-order valence-electron chi connectivity index (χ0n) is 17.4. The molecule has 0 spiro atoms. The van der Waals surface area contributed by atoms with E-state index in [9.17, 15) is 0 Å². The second kappa shape index (κ2) is 9.41. The number of ether oxygens (including phenoxy) is 1. The van der Waals surface area contributed by atoms with Crippen LogP contribution in [-0.2, 0) is 4.74 Å². The Bertz CT molecular complexity index is 971. The summed E-state index contributed by atoms with van der Waals surface area (Å²) in [4.78, 5) is 11.2. The molecular formula is C23H26ClN5O. The van der Waals surface area contributed by atoms with Gasteiger partial charge in [0, 0.05) is 35.2 Å². The molecule has 4 rings (SSSR count). The van der Waals surface area contributed by atoms with E-state index in [1.165, 1.54) is 16.8 Å². The van der Waals surface area contributed by atoms with E-state index < -0.39 is 0 Å². The average Bonchev–Trinajstić information content (AvgIpc) is 3.12. The number of aryl methyl sites for hydroxylation is 2. The molecule has 0 radical (unpaired) electrons. The van der Waals surface area contributed by atoms with Crippen LogP contribution in [0.25, 0.3) is 6.08 Å². The van der Waals surface area contributed by atoms with Crippen molar-refractivity contribution in [2.75, 3.05) is 31.7 Å². The van der Waals surface area contributed by atoms with Gasteiger partial charge in [0.25, 0.3) is 0 Å². The van der Waals surface area contributed by atoms with Crippen LogP contribution in [0.1, 0.15) is 29.8 Å². The molecule has 1 fully saturated rings. The molecule has 1 saturated heterocycles. The van der Waals surface area contributed by atoms with Crippen LogP contribution >= 0.6 is 11.6 Å². The predicted molar refractivity (Wildman–Crippen MR) is 122 cm³/mol. The van der Waals surface area contributed by atoms with Crippen molar-refractivity contribution < 1.29 is 4.74 Å². The summed E-state index contributed by atoms with van der Waals surface area (Å²) >= 11 is 6.04. The SMILES string of the molecule is Cc1cc(C)nc(N/N=C/C2=C(N3CCOCC3)C(=C/c3ccc(Cl)cc3)/CC2)n1. The summed E-state index contributed by atoms with van der Waals surface area (Å²) < 4.78 is 5.56. The Labute approximate surface area is 182 Å². The quantitative estimate of drug-likeness (QED) is 0.562. The molecule has 7 heteroatoms. The molecular weight excluding hydrogens is 398 g/mol. The molecule has 0 bridgehead atoms.